The van der Waals surface area contributed by atoms with E-state index in [1.54, 1.807) is 42.5 Å². The van der Waals surface area contributed by atoms with Crippen molar-refractivity contribution in [2.45, 2.75) is 34.2 Å². The van der Waals surface area contributed by atoms with E-state index in [4.69, 9.17) is 10.2 Å². The van der Waals surface area contributed by atoms with Crippen LogP contribution < -0.4 is 21.1 Å². The highest BCUT2D eigenvalue weighted by molar-refractivity contribution is 7.99. The second kappa shape index (κ2) is 17.7. The molecule has 1 heterocycles. The van der Waals surface area contributed by atoms with E-state index < -0.39 is 0 Å². The lowest BCUT2D eigenvalue weighted by Crippen LogP contribution is -2.23. The van der Waals surface area contributed by atoms with Crippen LogP contribution in [0.5, 0.6) is 5.75 Å². The second-order valence-corrected chi connectivity index (χ2v) is 9.86. The molecule has 45 heavy (non-hydrogen) atoms. The Morgan fingerprint density at radius 3 is 2.02 bits per heavy atom. The van der Waals surface area contributed by atoms with Gasteiger partial charge in [-0.3, -0.25) is 4.79 Å². The number of anilines is 2. The van der Waals surface area contributed by atoms with Crippen molar-refractivity contribution >= 4 is 40.2 Å². The third kappa shape index (κ3) is 8.77. The monoisotopic (exact) mass is 636 g/mol. The van der Waals surface area contributed by atoms with Gasteiger partial charge in [0.25, 0.3) is 5.91 Å². The first-order valence-corrected chi connectivity index (χ1v) is 15.8. The maximum atomic E-state index is 13.4. The summed E-state index contributed by atoms with van der Waals surface area (Å²) in [6.45, 7) is 8.21. The molecular weight excluding hydrogens is 594 g/mol. The zero-order valence-corrected chi connectivity index (χ0v) is 27.6. The Labute approximate surface area is 268 Å². The fourth-order valence-electron chi connectivity index (χ4n) is 4.31. The van der Waals surface area contributed by atoms with Crippen molar-refractivity contribution in [3.05, 3.63) is 102 Å². The highest BCUT2D eigenvalue weighted by atomic mass is 32.2. The first-order valence-electron chi connectivity index (χ1n) is 14.6. The lowest BCUT2D eigenvalue weighted by atomic mass is 9.98. The highest BCUT2D eigenvalue weighted by Crippen LogP contribution is 2.45. The molecule has 0 radical (unpaired) electrons. The van der Waals surface area contributed by atoms with Crippen LogP contribution in [-0.4, -0.2) is 31.4 Å². The number of nitrogens with two attached hydrogens (primary N) is 2. The normalized spacial score (nSPS) is 10.0. The van der Waals surface area contributed by atoms with Crippen molar-refractivity contribution in [1.29, 1.82) is 0 Å². The van der Waals surface area contributed by atoms with Gasteiger partial charge in [0.2, 0.25) is 0 Å². The fraction of sp³-hybridized carbons (Fsp3) is 0.229. The average Bonchev–Trinajstić information content (AvgIpc) is 3.41. The number of hydrogen-bond acceptors (Lipinski definition) is 7. The molecule has 1 amide bonds. The summed E-state index contributed by atoms with van der Waals surface area (Å²) in [6.07, 6.45) is 1.93. The van der Waals surface area contributed by atoms with E-state index in [9.17, 15) is 18.7 Å². The Morgan fingerprint density at radius 2 is 1.44 bits per heavy atom. The lowest BCUT2D eigenvalue weighted by Gasteiger charge is -2.20. The van der Waals surface area contributed by atoms with Gasteiger partial charge in [-0.05, 0) is 72.8 Å². The van der Waals surface area contributed by atoms with Crippen molar-refractivity contribution in [2.75, 3.05) is 30.4 Å². The Kier molecular flexibility index (Phi) is 14.4. The van der Waals surface area contributed by atoms with E-state index in [1.807, 2.05) is 57.4 Å². The van der Waals surface area contributed by atoms with Crippen molar-refractivity contribution in [3.8, 4) is 28.2 Å². The minimum absolute atomic E-state index is 0.0658. The topological polar surface area (TPSA) is 118 Å². The third-order valence-electron chi connectivity index (χ3n) is 6.47. The molecule has 10 heteroatoms. The number of nitrogens with one attached hydrogen (secondary N) is 1. The summed E-state index contributed by atoms with van der Waals surface area (Å²) in [5.41, 5.74) is 15.3. The van der Waals surface area contributed by atoms with E-state index in [-0.39, 0.29) is 41.2 Å². The molecule has 0 aliphatic carbocycles. The van der Waals surface area contributed by atoms with Gasteiger partial charge < -0.3 is 30.6 Å². The largest absolute Gasteiger partial charge is 0.504 e. The van der Waals surface area contributed by atoms with Crippen LogP contribution in [0.1, 0.15) is 43.6 Å². The molecule has 1 aromatic heterocycles. The lowest BCUT2D eigenvalue weighted by molar-refractivity contribution is 0.0952. The van der Waals surface area contributed by atoms with Crippen LogP contribution in [0.25, 0.3) is 33.4 Å². The zero-order chi connectivity index (χ0) is 33.7. The van der Waals surface area contributed by atoms with Crippen molar-refractivity contribution in [1.82, 2.24) is 5.32 Å². The number of fused-ring (bicyclic) bond motifs is 1. The van der Waals surface area contributed by atoms with Crippen LogP contribution in [0.2, 0.25) is 0 Å². The molecule has 5 rings (SSSR count). The first-order chi connectivity index (χ1) is 21.7. The number of aromatic hydroxyl groups is 1. The van der Waals surface area contributed by atoms with E-state index in [1.165, 1.54) is 43.3 Å². The van der Waals surface area contributed by atoms with Crippen LogP contribution in [-0.2, 0) is 6.54 Å². The molecule has 6 N–H and O–H groups in total. The molecule has 7 nitrogen and oxygen atoms in total. The first kappa shape index (κ1) is 36.7. The molecule has 0 atom stereocenters. The molecular formula is C35H42F2N4O3S. The van der Waals surface area contributed by atoms with E-state index in [2.05, 4.69) is 11.1 Å². The average molecular weight is 637 g/mol. The van der Waals surface area contributed by atoms with E-state index >= 15 is 0 Å². The van der Waals surface area contributed by atoms with Crippen LogP contribution in [0.15, 0.2) is 83.3 Å². The number of nitrogens with zero attached hydrogens (tertiary/aromatic N) is 1. The number of halogens is 2. The number of amides is 1. The van der Waals surface area contributed by atoms with Crippen LogP contribution in [0, 0.1) is 11.6 Å². The van der Waals surface area contributed by atoms with Gasteiger partial charge >= 0.3 is 0 Å². The molecule has 0 unspecified atom stereocenters. The summed E-state index contributed by atoms with van der Waals surface area (Å²) in [7, 11) is 3.40. The predicted octanol–water partition coefficient (Wildman–Crippen LogP) is 8.60. The minimum atomic E-state index is -0.388. The standard InChI is InChI=1S/C30H25F2N3O3S.2C2H6.CH5N/c1-35(39-2)26-15-27-24(28(36)29(38-27)18-5-10-21(32)11-6-18)14-22(26)19-7-12-25(33)23(13-19)30(37)34-16-17-3-8-20(31)9-4-17;3*1-2/h3-15,36H,16,33H2,1-2H3,(H,34,37);2*1-2H3;2H2,1H3. The summed E-state index contributed by atoms with van der Waals surface area (Å²) < 4.78 is 34.6. The predicted molar refractivity (Wildman–Crippen MR) is 185 cm³/mol. The molecule has 240 valence electrons. The van der Waals surface area contributed by atoms with E-state index in [0.29, 0.717) is 27.8 Å². The smallest absolute Gasteiger partial charge is 0.253 e. The molecule has 0 fully saturated rings. The molecule has 0 bridgehead atoms. The number of rotatable bonds is 7. The van der Waals surface area contributed by atoms with Gasteiger partial charge in [-0.2, -0.15) is 0 Å². The molecule has 0 spiro atoms. The summed E-state index contributed by atoms with van der Waals surface area (Å²) in [6, 6.07) is 20.4. The van der Waals surface area contributed by atoms with Crippen molar-refractivity contribution < 1.29 is 23.1 Å². The van der Waals surface area contributed by atoms with Crippen molar-refractivity contribution in [2.24, 2.45) is 5.73 Å². The molecule has 0 aliphatic heterocycles. The Morgan fingerprint density at radius 1 is 0.889 bits per heavy atom. The van der Waals surface area contributed by atoms with E-state index in [0.717, 1.165) is 16.8 Å². The zero-order valence-electron chi connectivity index (χ0n) is 26.7. The quantitative estimate of drug-likeness (QED) is 0.104. The van der Waals surface area contributed by atoms with Gasteiger partial charge in [-0.1, -0.05) is 57.8 Å². The molecule has 0 saturated heterocycles. The van der Waals surface area contributed by atoms with Gasteiger partial charge in [0.1, 0.15) is 17.2 Å². The Bertz CT molecular complexity index is 1670. The molecule has 4 aromatic carbocycles. The summed E-state index contributed by atoms with van der Waals surface area (Å²) in [5.74, 6) is -0.939. The van der Waals surface area contributed by atoms with Crippen LogP contribution in [0.4, 0.5) is 20.2 Å². The van der Waals surface area contributed by atoms with Gasteiger partial charge in [0, 0.05) is 42.7 Å². The minimum Gasteiger partial charge on any atom is -0.504 e. The van der Waals surface area contributed by atoms with Gasteiger partial charge in [-0.15, -0.1) is 0 Å². The highest BCUT2D eigenvalue weighted by Gasteiger charge is 2.21. The Hall–Kier alpha value is -4.54. The molecule has 0 aliphatic rings. The molecule has 0 saturated carbocycles. The van der Waals surface area contributed by atoms with Crippen LogP contribution in [0.3, 0.4) is 0 Å². The maximum Gasteiger partial charge on any atom is 0.253 e. The summed E-state index contributed by atoms with van der Waals surface area (Å²) >= 11 is 1.48. The molecule has 5 aromatic rings. The Balaban J connectivity index is 0.00000111. The fourth-order valence-corrected chi connectivity index (χ4v) is 4.65. The summed E-state index contributed by atoms with van der Waals surface area (Å²) in [4.78, 5) is 13.1. The van der Waals surface area contributed by atoms with Crippen LogP contribution >= 0.6 is 11.9 Å². The number of carbonyl (C=O) groups excluding carboxylic acids is 1. The number of hydrogen-bond donors (Lipinski definition) is 4. The SMILES string of the molecule is CC.CC.CN.CSN(C)c1cc2oc(-c3ccc(F)cc3)c(O)c2cc1-c1ccc(N)c(C(=O)NCc2ccc(F)cc2)c1. The van der Waals surface area contributed by atoms with Crippen molar-refractivity contribution in [3.63, 3.8) is 0 Å². The number of carbonyl (C=O) groups is 1. The van der Waals surface area contributed by atoms with Gasteiger partial charge in [0.15, 0.2) is 11.5 Å². The second-order valence-electron chi connectivity index (χ2n) is 8.94. The summed E-state index contributed by atoms with van der Waals surface area (Å²) in [5, 5.41) is 14.3. The van der Waals surface area contributed by atoms with Gasteiger partial charge in [-0.25, -0.2) is 8.78 Å². The number of benzene rings is 4. The third-order valence-corrected chi connectivity index (χ3v) is 7.22. The maximum absolute atomic E-state index is 13.4. The number of nitrogen functional groups attached to an aromatic ring is 1. The number of furan rings is 1. The van der Waals surface area contributed by atoms with Gasteiger partial charge in [0.05, 0.1) is 16.6 Å².